The van der Waals surface area contributed by atoms with Gasteiger partial charge in [0.15, 0.2) is 0 Å². The molecule has 1 saturated heterocycles. The van der Waals surface area contributed by atoms with E-state index in [0.29, 0.717) is 17.7 Å². The lowest BCUT2D eigenvalue weighted by atomic mass is 9.79. The third kappa shape index (κ3) is 1.28. The number of hydrogen-bond acceptors (Lipinski definition) is 2. The zero-order valence-electron chi connectivity index (χ0n) is 9.11. The molecule has 0 saturated carbocycles. The van der Waals surface area contributed by atoms with Crippen LogP contribution in [0.4, 0.5) is 0 Å². The summed E-state index contributed by atoms with van der Waals surface area (Å²) in [5, 5.41) is 9.83. The van der Waals surface area contributed by atoms with Crippen LogP contribution in [0.2, 0.25) is 0 Å². The van der Waals surface area contributed by atoms with Crippen molar-refractivity contribution >= 4 is 0 Å². The summed E-state index contributed by atoms with van der Waals surface area (Å²) in [6, 6.07) is 6.71. The molecule has 0 aromatic heterocycles. The molecule has 2 aliphatic rings. The van der Waals surface area contributed by atoms with Crippen LogP contribution in [0, 0.1) is 0 Å². The summed E-state index contributed by atoms with van der Waals surface area (Å²) in [6.45, 7) is 1.20. The Balaban J connectivity index is 2.06. The number of aromatic hydroxyl groups is 1. The molecule has 1 heterocycles. The first-order valence-corrected chi connectivity index (χ1v) is 5.78. The molecule has 0 radical (unpaired) electrons. The van der Waals surface area contributed by atoms with Gasteiger partial charge in [-0.1, -0.05) is 12.1 Å². The molecule has 3 rings (SSSR count). The van der Waals surface area contributed by atoms with Gasteiger partial charge < -0.3 is 10.0 Å². The summed E-state index contributed by atoms with van der Waals surface area (Å²) in [4.78, 5) is 2.47. The van der Waals surface area contributed by atoms with E-state index in [2.05, 4.69) is 18.0 Å². The summed E-state index contributed by atoms with van der Waals surface area (Å²) in [7, 11) is 2.22. The van der Waals surface area contributed by atoms with E-state index < -0.39 is 0 Å². The number of hydrogen-bond donors (Lipinski definition) is 1. The van der Waals surface area contributed by atoms with Crippen LogP contribution in [-0.2, 0) is 6.42 Å². The molecule has 2 atom stereocenters. The molecule has 15 heavy (non-hydrogen) atoms. The normalized spacial score (nSPS) is 29.9. The van der Waals surface area contributed by atoms with Gasteiger partial charge in [-0.15, -0.1) is 0 Å². The van der Waals surface area contributed by atoms with Gasteiger partial charge in [0, 0.05) is 12.0 Å². The zero-order valence-corrected chi connectivity index (χ0v) is 9.11. The number of fused-ring (bicyclic) bond motifs is 3. The van der Waals surface area contributed by atoms with Gasteiger partial charge in [0.25, 0.3) is 0 Å². The molecule has 1 fully saturated rings. The Morgan fingerprint density at radius 3 is 3.07 bits per heavy atom. The molecule has 0 unspecified atom stereocenters. The first kappa shape index (κ1) is 9.22. The fraction of sp³-hybridized carbons (Fsp3) is 0.538. The highest BCUT2D eigenvalue weighted by Crippen LogP contribution is 2.43. The number of rotatable bonds is 0. The molecule has 80 valence electrons. The molecule has 0 bridgehead atoms. The second-order valence-corrected chi connectivity index (χ2v) is 4.83. The van der Waals surface area contributed by atoms with Crippen LogP contribution in [0.25, 0.3) is 0 Å². The third-order valence-electron chi connectivity index (χ3n) is 4.10. The average Bonchev–Trinajstić information content (AvgIpc) is 2.61. The van der Waals surface area contributed by atoms with Crippen LogP contribution in [0.3, 0.4) is 0 Å². The van der Waals surface area contributed by atoms with Crippen molar-refractivity contribution in [1.82, 2.24) is 4.90 Å². The minimum absolute atomic E-state index is 0.500. The second kappa shape index (κ2) is 3.24. The Labute approximate surface area is 90.5 Å². The van der Waals surface area contributed by atoms with Crippen molar-refractivity contribution in [2.24, 2.45) is 0 Å². The van der Waals surface area contributed by atoms with Crippen molar-refractivity contribution < 1.29 is 5.11 Å². The van der Waals surface area contributed by atoms with Crippen LogP contribution in [-0.4, -0.2) is 29.6 Å². The van der Waals surface area contributed by atoms with Gasteiger partial charge in [-0.3, -0.25) is 0 Å². The SMILES string of the molecule is CN1CC[C@@H]2c3cccc(O)c3CC[C@H]21. The van der Waals surface area contributed by atoms with Crippen molar-refractivity contribution in [1.29, 1.82) is 0 Å². The first-order valence-electron chi connectivity index (χ1n) is 5.78. The zero-order chi connectivity index (χ0) is 10.4. The fourth-order valence-electron chi connectivity index (χ4n) is 3.30. The van der Waals surface area contributed by atoms with Crippen LogP contribution in [0.15, 0.2) is 18.2 Å². The van der Waals surface area contributed by atoms with Crippen molar-refractivity contribution in [3.8, 4) is 5.75 Å². The third-order valence-corrected chi connectivity index (χ3v) is 4.10. The summed E-state index contributed by atoms with van der Waals surface area (Å²) in [5.74, 6) is 1.16. The molecule has 1 aliphatic heterocycles. The highest BCUT2D eigenvalue weighted by molar-refractivity contribution is 5.44. The summed E-state index contributed by atoms with van der Waals surface area (Å²) in [5.41, 5.74) is 2.60. The smallest absolute Gasteiger partial charge is 0.119 e. The van der Waals surface area contributed by atoms with Crippen LogP contribution in [0.5, 0.6) is 5.75 Å². The topological polar surface area (TPSA) is 23.5 Å². The molecule has 0 amide bonds. The first-order chi connectivity index (χ1) is 7.27. The van der Waals surface area contributed by atoms with E-state index in [9.17, 15) is 5.11 Å². The van der Waals surface area contributed by atoms with E-state index >= 15 is 0 Å². The van der Waals surface area contributed by atoms with E-state index in [0.717, 1.165) is 6.42 Å². The Kier molecular flexibility index (Phi) is 1.99. The molecule has 2 heteroatoms. The van der Waals surface area contributed by atoms with Gasteiger partial charge in [0.1, 0.15) is 5.75 Å². The Morgan fingerprint density at radius 2 is 2.20 bits per heavy atom. The predicted molar refractivity (Wildman–Crippen MR) is 60.2 cm³/mol. The Hall–Kier alpha value is -1.02. The minimum Gasteiger partial charge on any atom is -0.508 e. The highest BCUT2D eigenvalue weighted by Gasteiger charge is 2.37. The van der Waals surface area contributed by atoms with E-state index in [1.54, 1.807) is 0 Å². The quantitative estimate of drug-likeness (QED) is 0.698. The average molecular weight is 203 g/mol. The number of likely N-dealkylation sites (tertiary alicyclic amines) is 1. The molecule has 2 nitrogen and oxygen atoms in total. The summed E-state index contributed by atoms with van der Waals surface area (Å²) < 4.78 is 0. The second-order valence-electron chi connectivity index (χ2n) is 4.83. The lowest BCUT2D eigenvalue weighted by molar-refractivity contribution is 0.273. The van der Waals surface area contributed by atoms with E-state index in [1.165, 1.54) is 30.5 Å². The van der Waals surface area contributed by atoms with Crippen molar-refractivity contribution in [2.75, 3.05) is 13.6 Å². The number of benzene rings is 1. The number of phenolic OH excluding ortho intramolecular Hbond substituents is 1. The summed E-state index contributed by atoms with van der Waals surface area (Å²) in [6.07, 6.45) is 3.48. The monoisotopic (exact) mass is 203 g/mol. The van der Waals surface area contributed by atoms with Crippen molar-refractivity contribution in [2.45, 2.75) is 31.2 Å². The maximum atomic E-state index is 9.83. The largest absolute Gasteiger partial charge is 0.508 e. The molecule has 1 N–H and O–H groups in total. The van der Waals surface area contributed by atoms with Gasteiger partial charge in [-0.25, -0.2) is 0 Å². The van der Waals surface area contributed by atoms with Crippen LogP contribution in [0.1, 0.15) is 29.9 Å². The van der Waals surface area contributed by atoms with Gasteiger partial charge in [-0.05, 0) is 50.0 Å². The van der Waals surface area contributed by atoms with Gasteiger partial charge in [0.05, 0.1) is 0 Å². The molecular formula is C13H17NO. The van der Waals surface area contributed by atoms with Gasteiger partial charge in [-0.2, -0.15) is 0 Å². The molecule has 1 aliphatic carbocycles. The summed E-state index contributed by atoms with van der Waals surface area (Å²) >= 11 is 0. The van der Waals surface area contributed by atoms with E-state index in [4.69, 9.17) is 0 Å². The Bertz CT molecular complexity index is 388. The van der Waals surface area contributed by atoms with Crippen molar-refractivity contribution in [3.63, 3.8) is 0 Å². The molecule has 1 aromatic rings. The van der Waals surface area contributed by atoms with Gasteiger partial charge in [0.2, 0.25) is 0 Å². The number of likely N-dealkylation sites (N-methyl/N-ethyl adjacent to an activating group) is 1. The van der Waals surface area contributed by atoms with Crippen LogP contribution < -0.4 is 0 Å². The van der Waals surface area contributed by atoms with Crippen molar-refractivity contribution in [3.05, 3.63) is 29.3 Å². The molecule has 1 aromatic carbocycles. The lowest BCUT2D eigenvalue weighted by Gasteiger charge is -2.31. The number of nitrogens with zero attached hydrogens (tertiary/aromatic N) is 1. The van der Waals surface area contributed by atoms with E-state index in [-0.39, 0.29) is 0 Å². The fourth-order valence-corrected chi connectivity index (χ4v) is 3.30. The van der Waals surface area contributed by atoms with Crippen LogP contribution >= 0.6 is 0 Å². The minimum atomic E-state index is 0.500. The highest BCUT2D eigenvalue weighted by atomic mass is 16.3. The number of phenols is 1. The lowest BCUT2D eigenvalue weighted by Crippen LogP contribution is -2.32. The predicted octanol–water partition coefficient (Wildman–Crippen LogP) is 2.13. The molecular weight excluding hydrogens is 186 g/mol. The maximum Gasteiger partial charge on any atom is 0.119 e. The molecule has 0 spiro atoms. The van der Waals surface area contributed by atoms with E-state index in [1.807, 2.05) is 12.1 Å². The maximum absolute atomic E-state index is 9.83. The Morgan fingerprint density at radius 1 is 1.33 bits per heavy atom. The standard InChI is InChI=1S/C13H17NO/c1-14-8-7-10-9-3-2-4-13(15)11(9)5-6-12(10)14/h2-4,10,12,15H,5-8H2,1H3/t10-,12-/m1/s1. The van der Waals surface area contributed by atoms with Gasteiger partial charge >= 0.3 is 0 Å².